The maximum Gasteiger partial charge on any atom is 0.248 e. The number of carbonyl (C=O) groups is 1. The van der Waals surface area contributed by atoms with E-state index in [0.29, 0.717) is 18.7 Å². The molecule has 2 aromatic rings. The van der Waals surface area contributed by atoms with Gasteiger partial charge in [-0.3, -0.25) is 4.79 Å². The summed E-state index contributed by atoms with van der Waals surface area (Å²) >= 11 is 0. The highest BCUT2D eigenvalue weighted by Crippen LogP contribution is 2.26. The maximum absolute atomic E-state index is 11.2. The van der Waals surface area contributed by atoms with Crippen LogP contribution >= 0.6 is 0 Å². The highest BCUT2D eigenvalue weighted by atomic mass is 16.5. The Bertz CT molecular complexity index is 626. The number of hydrogen-bond donors (Lipinski definition) is 2. The molecule has 0 fully saturated rings. The van der Waals surface area contributed by atoms with Crippen LogP contribution in [-0.2, 0) is 6.54 Å². The van der Waals surface area contributed by atoms with Gasteiger partial charge in [0.1, 0.15) is 12.4 Å². The van der Waals surface area contributed by atoms with Crippen LogP contribution < -0.4 is 15.8 Å². The van der Waals surface area contributed by atoms with Crippen molar-refractivity contribution in [1.29, 1.82) is 0 Å². The van der Waals surface area contributed by atoms with Crippen LogP contribution in [0, 0.1) is 0 Å². The zero-order valence-electron chi connectivity index (χ0n) is 11.0. The number of benzene rings is 2. The minimum Gasteiger partial charge on any atom is -0.491 e. The summed E-state index contributed by atoms with van der Waals surface area (Å²) in [6.07, 6.45) is 0. The third-order valence-corrected chi connectivity index (χ3v) is 3.50. The lowest BCUT2D eigenvalue weighted by molar-refractivity contribution is 0.1000. The Morgan fingerprint density at radius 1 is 1.20 bits per heavy atom. The highest BCUT2D eigenvalue weighted by Gasteiger charge is 2.18. The molecule has 2 aromatic carbocycles. The fraction of sp³-hybridized carbons (Fsp3) is 0.188. The number of nitrogens with two attached hydrogens (primary N) is 1. The number of amides is 1. The molecule has 0 bridgehead atoms. The van der Waals surface area contributed by atoms with Gasteiger partial charge < -0.3 is 15.8 Å². The third kappa shape index (κ3) is 2.51. The molecule has 1 amide bonds. The van der Waals surface area contributed by atoms with Crippen LogP contribution in [0.15, 0.2) is 48.5 Å². The van der Waals surface area contributed by atoms with Gasteiger partial charge in [0.25, 0.3) is 0 Å². The van der Waals surface area contributed by atoms with Crippen molar-refractivity contribution in [1.82, 2.24) is 5.32 Å². The second kappa shape index (κ2) is 5.35. The second-order valence-electron chi connectivity index (χ2n) is 4.84. The predicted molar refractivity (Wildman–Crippen MR) is 76.5 cm³/mol. The van der Waals surface area contributed by atoms with Crippen molar-refractivity contribution in [3.63, 3.8) is 0 Å². The van der Waals surface area contributed by atoms with Gasteiger partial charge in [-0.1, -0.05) is 36.4 Å². The van der Waals surface area contributed by atoms with E-state index in [4.69, 9.17) is 10.5 Å². The average molecular weight is 268 g/mol. The van der Waals surface area contributed by atoms with Gasteiger partial charge in [-0.25, -0.2) is 0 Å². The quantitative estimate of drug-likeness (QED) is 0.875. The van der Waals surface area contributed by atoms with E-state index in [-0.39, 0.29) is 6.04 Å². The zero-order chi connectivity index (χ0) is 13.9. The highest BCUT2D eigenvalue weighted by molar-refractivity contribution is 5.93. The molecule has 3 rings (SSSR count). The summed E-state index contributed by atoms with van der Waals surface area (Å²) in [4.78, 5) is 11.2. The van der Waals surface area contributed by atoms with Crippen molar-refractivity contribution in [2.45, 2.75) is 12.6 Å². The first-order chi connectivity index (χ1) is 9.74. The molecule has 1 aliphatic rings. The molecule has 0 aromatic heterocycles. The van der Waals surface area contributed by atoms with Crippen molar-refractivity contribution >= 4 is 5.91 Å². The summed E-state index contributed by atoms with van der Waals surface area (Å²) in [7, 11) is 0. The lowest BCUT2D eigenvalue weighted by atomic mass is 10.1. The topological polar surface area (TPSA) is 64.4 Å². The molecule has 1 atom stereocenters. The Balaban J connectivity index is 1.83. The second-order valence-corrected chi connectivity index (χ2v) is 4.84. The van der Waals surface area contributed by atoms with Crippen LogP contribution in [0.5, 0.6) is 5.75 Å². The first-order valence-corrected chi connectivity index (χ1v) is 6.58. The minimum atomic E-state index is -0.437. The van der Waals surface area contributed by atoms with Crippen molar-refractivity contribution in [2.24, 2.45) is 5.73 Å². The summed E-state index contributed by atoms with van der Waals surface area (Å²) in [6.45, 7) is 1.23. The molecular formula is C16H16N2O2. The van der Waals surface area contributed by atoms with E-state index in [1.165, 1.54) is 5.56 Å². The summed E-state index contributed by atoms with van der Waals surface area (Å²) in [5.74, 6) is 0.292. The number of primary amides is 1. The molecule has 0 spiro atoms. The molecule has 0 saturated carbocycles. The van der Waals surface area contributed by atoms with Crippen molar-refractivity contribution in [3.8, 4) is 5.75 Å². The Hall–Kier alpha value is -2.33. The fourth-order valence-corrected chi connectivity index (χ4v) is 2.35. The van der Waals surface area contributed by atoms with Crippen LogP contribution in [0.3, 0.4) is 0 Å². The molecule has 1 unspecified atom stereocenters. The number of rotatable bonds is 2. The lowest BCUT2D eigenvalue weighted by Gasteiger charge is -2.15. The number of ether oxygens (including phenoxy) is 1. The van der Waals surface area contributed by atoms with E-state index >= 15 is 0 Å². The molecule has 4 nitrogen and oxygen atoms in total. The van der Waals surface area contributed by atoms with E-state index in [0.717, 1.165) is 11.3 Å². The summed E-state index contributed by atoms with van der Waals surface area (Å²) < 4.78 is 5.84. The first-order valence-electron chi connectivity index (χ1n) is 6.58. The molecule has 3 N–H and O–H groups in total. The minimum absolute atomic E-state index is 0.139. The normalized spacial score (nSPS) is 17.7. The van der Waals surface area contributed by atoms with Crippen LogP contribution in [0.4, 0.5) is 0 Å². The van der Waals surface area contributed by atoms with E-state index < -0.39 is 5.91 Å². The monoisotopic (exact) mass is 268 g/mol. The van der Waals surface area contributed by atoms with Gasteiger partial charge in [-0.15, -0.1) is 0 Å². The Morgan fingerprint density at radius 3 is 2.75 bits per heavy atom. The van der Waals surface area contributed by atoms with Gasteiger partial charge in [-0.2, -0.15) is 0 Å². The molecule has 4 heteroatoms. The Morgan fingerprint density at radius 2 is 2.00 bits per heavy atom. The lowest BCUT2D eigenvalue weighted by Crippen LogP contribution is -2.23. The molecule has 0 aliphatic carbocycles. The van der Waals surface area contributed by atoms with Gasteiger partial charge in [0.05, 0.1) is 6.04 Å². The number of carbonyl (C=O) groups excluding carboxylic acids is 1. The SMILES string of the molecule is NC(=O)c1ccc2c(c1)OCC(c1ccccc1)NC2. The number of nitrogens with one attached hydrogen (secondary N) is 1. The smallest absolute Gasteiger partial charge is 0.248 e. The van der Waals surface area contributed by atoms with Crippen molar-refractivity contribution < 1.29 is 9.53 Å². The third-order valence-electron chi connectivity index (χ3n) is 3.50. The van der Waals surface area contributed by atoms with Crippen LogP contribution in [0.1, 0.15) is 27.5 Å². The van der Waals surface area contributed by atoms with Crippen molar-refractivity contribution in [2.75, 3.05) is 6.61 Å². The largest absolute Gasteiger partial charge is 0.491 e. The predicted octanol–water partition coefficient (Wildman–Crippen LogP) is 2.01. The first kappa shape index (κ1) is 12.7. The molecule has 0 saturated heterocycles. The molecule has 1 heterocycles. The summed E-state index contributed by atoms with van der Waals surface area (Å²) in [5.41, 5.74) is 7.99. The molecular weight excluding hydrogens is 252 g/mol. The molecule has 0 radical (unpaired) electrons. The average Bonchev–Trinajstić information content (AvgIpc) is 2.70. The molecule has 20 heavy (non-hydrogen) atoms. The van der Waals surface area contributed by atoms with E-state index in [1.807, 2.05) is 24.3 Å². The van der Waals surface area contributed by atoms with E-state index in [1.54, 1.807) is 12.1 Å². The molecule has 1 aliphatic heterocycles. The van der Waals surface area contributed by atoms with Gasteiger partial charge in [-0.05, 0) is 17.7 Å². The van der Waals surface area contributed by atoms with Crippen LogP contribution in [0.25, 0.3) is 0 Å². The van der Waals surface area contributed by atoms with Gasteiger partial charge in [0.15, 0.2) is 0 Å². The maximum atomic E-state index is 11.2. The number of hydrogen-bond acceptors (Lipinski definition) is 3. The Labute approximate surface area is 117 Å². The Kier molecular flexibility index (Phi) is 3.39. The molecule has 102 valence electrons. The summed E-state index contributed by atoms with van der Waals surface area (Å²) in [6, 6.07) is 15.6. The van der Waals surface area contributed by atoms with Gasteiger partial charge in [0.2, 0.25) is 5.91 Å². The van der Waals surface area contributed by atoms with Crippen LogP contribution in [-0.4, -0.2) is 12.5 Å². The van der Waals surface area contributed by atoms with E-state index in [2.05, 4.69) is 17.4 Å². The summed E-state index contributed by atoms with van der Waals surface area (Å²) in [5, 5.41) is 3.46. The van der Waals surface area contributed by atoms with E-state index in [9.17, 15) is 4.79 Å². The standard InChI is InChI=1S/C16H16N2O2/c17-16(19)12-6-7-13-9-18-14(10-20-15(13)8-12)11-4-2-1-3-5-11/h1-8,14,18H,9-10H2,(H2,17,19). The van der Waals surface area contributed by atoms with Crippen molar-refractivity contribution in [3.05, 3.63) is 65.2 Å². The van der Waals surface area contributed by atoms with Gasteiger partial charge in [0, 0.05) is 17.7 Å². The fourth-order valence-electron chi connectivity index (χ4n) is 2.35. The van der Waals surface area contributed by atoms with Crippen LogP contribution in [0.2, 0.25) is 0 Å². The number of fused-ring (bicyclic) bond motifs is 1. The van der Waals surface area contributed by atoms with Gasteiger partial charge >= 0.3 is 0 Å². The zero-order valence-corrected chi connectivity index (χ0v) is 11.0.